The van der Waals surface area contributed by atoms with Gasteiger partial charge in [-0.2, -0.15) is 13.2 Å². The maximum atomic E-state index is 12.5. The zero-order chi connectivity index (χ0) is 13.9. The molecule has 2 N–H and O–H groups in total. The summed E-state index contributed by atoms with van der Waals surface area (Å²) in [6.07, 6.45) is -5.27. The van der Waals surface area contributed by atoms with Crippen molar-refractivity contribution in [1.29, 1.82) is 0 Å². The Balaban J connectivity index is 2.97. The minimum atomic E-state index is -4.50. The lowest BCUT2D eigenvalue weighted by Crippen LogP contribution is -2.31. The van der Waals surface area contributed by atoms with Gasteiger partial charge in [0.25, 0.3) is 5.91 Å². The van der Waals surface area contributed by atoms with Gasteiger partial charge >= 0.3 is 6.18 Å². The van der Waals surface area contributed by atoms with Crippen LogP contribution in [-0.2, 0) is 6.18 Å². The van der Waals surface area contributed by atoms with Gasteiger partial charge in [0.15, 0.2) is 0 Å². The maximum absolute atomic E-state index is 12.5. The summed E-state index contributed by atoms with van der Waals surface area (Å²) in [5.41, 5.74) is -1.02. The number of halogens is 4. The van der Waals surface area contributed by atoms with Gasteiger partial charge in [-0.1, -0.05) is 0 Å². The second-order valence-corrected chi connectivity index (χ2v) is 4.61. The average molecular weight is 326 g/mol. The Morgan fingerprint density at radius 3 is 2.61 bits per heavy atom. The van der Waals surface area contributed by atoms with E-state index in [4.69, 9.17) is 5.11 Å². The van der Waals surface area contributed by atoms with Crippen LogP contribution in [0.15, 0.2) is 22.7 Å². The van der Waals surface area contributed by atoms with Gasteiger partial charge in [0.2, 0.25) is 0 Å². The van der Waals surface area contributed by atoms with E-state index in [0.29, 0.717) is 0 Å². The lowest BCUT2D eigenvalue weighted by molar-refractivity contribution is -0.137. The quantitative estimate of drug-likeness (QED) is 0.897. The Morgan fingerprint density at radius 1 is 1.50 bits per heavy atom. The fourth-order valence-corrected chi connectivity index (χ4v) is 1.64. The normalized spacial score (nSPS) is 13.2. The third-order valence-electron chi connectivity index (χ3n) is 2.10. The van der Waals surface area contributed by atoms with Crippen LogP contribution >= 0.6 is 15.9 Å². The van der Waals surface area contributed by atoms with Crippen molar-refractivity contribution >= 4 is 21.8 Å². The van der Waals surface area contributed by atoms with Crippen molar-refractivity contribution in [2.45, 2.75) is 19.2 Å². The number of carbonyl (C=O) groups is 1. The molecule has 0 bridgehead atoms. The van der Waals surface area contributed by atoms with Crippen molar-refractivity contribution in [2.24, 2.45) is 0 Å². The highest BCUT2D eigenvalue weighted by molar-refractivity contribution is 9.10. The molecule has 18 heavy (non-hydrogen) atoms. The Labute approximate surface area is 110 Å². The Hall–Kier alpha value is -1.08. The zero-order valence-electron chi connectivity index (χ0n) is 9.38. The van der Waals surface area contributed by atoms with Crippen LogP contribution in [0.4, 0.5) is 13.2 Å². The van der Waals surface area contributed by atoms with Crippen LogP contribution in [0.5, 0.6) is 0 Å². The first-order chi connectivity index (χ1) is 8.21. The van der Waals surface area contributed by atoms with Gasteiger partial charge in [-0.15, -0.1) is 0 Å². The van der Waals surface area contributed by atoms with Crippen molar-refractivity contribution in [2.75, 3.05) is 6.54 Å². The number of benzene rings is 1. The molecule has 0 radical (unpaired) electrons. The van der Waals surface area contributed by atoms with Crippen molar-refractivity contribution in [3.05, 3.63) is 33.8 Å². The van der Waals surface area contributed by atoms with Crippen LogP contribution < -0.4 is 5.32 Å². The number of nitrogens with one attached hydrogen (secondary N) is 1. The smallest absolute Gasteiger partial charge is 0.392 e. The Kier molecular flexibility index (Phi) is 4.75. The van der Waals surface area contributed by atoms with E-state index in [9.17, 15) is 18.0 Å². The molecule has 7 heteroatoms. The number of hydrogen-bond donors (Lipinski definition) is 2. The van der Waals surface area contributed by atoms with Crippen LogP contribution in [0.25, 0.3) is 0 Å². The molecule has 0 saturated carbocycles. The number of amides is 1. The average Bonchev–Trinajstić information content (AvgIpc) is 2.24. The van der Waals surface area contributed by atoms with Gasteiger partial charge in [0, 0.05) is 11.0 Å². The van der Waals surface area contributed by atoms with Crippen LogP contribution in [0, 0.1) is 0 Å². The SMILES string of the molecule is C[C@H](O)CNC(=O)c1cc(C(F)(F)F)ccc1Br. The number of aliphatic hydroxyl groups is 1. The van der Waals surface area contributed by atoms with E-state index >= 15 is 0 Å². The molecule has 0 aliphatic carbocycles. The van der Waals surface area contributed by atoms with Crippen molar-refractivity contribution in [3.63, 3.8) is 0 Å². The lowest BCUT2D eigenvalue weighted by Gasteiger charge is -2.11. The summed E-state index contributed by atoms with van der Waals surface area (Å²) in [5, 5.41) is 11.3. The first-order valence-corrected chi connectivity index (χ1v) is 5.84. The molecule has 3 nitrogen and oxygen atoms in total. The van der Waals surface area contributed by atoms with Gasteiger partial charge in [0.05, 0.1) is 17.2 Å². The third-order valence-corrected chi connectivity index (χ3v) is 2.79. The summed E-state index contributed by atoms with van der Waals surface area (Å²) >= 11 is 3.01. The van der Waals surface area contributed by atoms with Gasteiger partial charge < -0.3 is 10.4 Å². The first-order valence-electron chi connectivity index (χ1n) is 5.05. The van der Waals surface area contributed by atoms with Crippen LogP contribution in [0.1, 0.15) is 22.8 Å². The standard InChI is InChI=1S/C11H11BrF3NO2/c1-6(17)5-16-10(18)8-4-7(11(13,14)15)2-3-9(8)12/h2-4,6,17H,5H2,1H3,(H,16,18)/t6-/m0/s1. The lowest BCUT2D eigenvalue weighted by atomic mass is 10.1. The Morgan fingerprint density at radius 2 is 2.11 bits per heavy atom. The van der Waals surface area contributed by atoms with E-state index in [2.05, 4.69) is 21.2 Å². The number of carbonyl (C=O) groups excluding carboxylic acids is 1. The highest BCUT2D eigenvalue weighted by atomic mass is 79.9. The summed E-state index contributed by atoms with van der Waals surface area (Å²) in [5.74, 6) is -0.672. The molecule has 0 aromatic heterocycles. The molecule has 1 amide bonds. The summed E-state index contributed by atoms with van der Waals surface area (Å²) in [4.78, 5) is 11.6. The molecule has 0 unspecified atom stereocenters. The Bertz CT molecular complexity index is 446. The predicted molar refractivity (Wildman–Crippen MR) is 63.2 cm³/mol. The first kappa shape index (κ1) is 15.0. The molecule has 0 aliphatic heterocycles. The van der Waals surface area contributed by atoms with Gasteiger partial charge in [-0.3, -0.25) is 4.79 Å². The molecule has 0 saturated heterocycles. The summed E-state index contributed by atoms with van der Waals surface area (Å²) in [6.45, 7) is 1.43. The van der Waals surface area contributed by atoms with Crippen molar-refractivity contribution in [3.8, 4) is 0 Å². The summed E-state index contributed by atoms with van der Waals surface area (Å²) < 4.78 is 37.7. The number of aliphatic hydroxyl groups excluding tert-OH is 1. The topological polar surface area (TPSA) is 49.3 Å². The number of hydrogen-bond acceptors (Lipinski definition) is 2. The minimum absolute atomic E-state index is 0.0263. The molecule has 0 fully saturated rings. The van der Waals surface area contributed by atoms with Crippen molar-refractivity contribution in [1.82, 2.24) is 5.32 Å². The summed E-state index contributed by atoms with van der Waals surface area (Å²) in [7, 11) is 0. The molecule has 0 spiro atoms. The van der Waals surface area contributed by atoms with Crippen LogP contribution in [0.2, 0.25) is 0 Å². The monoisotopic (exact) mass is 325 g/mol. The largest absolute Gasteiger partial charge is 0.416 e. The molecule has 100 valence electrons. The molecule has 0 aliphatic rings. The van der Waals surface area contributed by atoms with E-state index in [0.717, 1.165) is 12.1 Å². The third kappa shape index (κ3) is 3.99. The zero-order valence-corrected chi connectivity index (χ0v) is 11.0. The fraction of sp³-hybridized carbons (Fsp3) is 0.364. The molecule has 1 aromatic rings. The highest BCUT2D eigenvalue weighted by Gasteiger charge is 2.31. The van der Waals surface area contributed by atoms with Gasteiger partial charge in [-0.25, -0.2) is 0 Å². The van der Waals surface area contributed by atoms with E-state index in [1.165, 1.54) is 13.0 Å². The predicted octanol–water partition coefficient (Wildman–Crippen LogP) is 2.58. The molecular weight excluding hydrogens is 315 g/mol. The van der Waals surface area contributed by atoms with Crippen LogP contribution in [-0.4, -0.2) is 23.7 Å². The van der Waals surface area contributed by atoms with E-state index < -0.39 is 23.8 Å². The number of alkyl halides is 3. The minimum Gasteiger partial charge on any atom is -0.392 e. The second kappa shape index (κ2) is 5.71. The van der Waals surface area contributed by atoms with E-state index in [1.807, 2.05) is 0 Å². The van der Waals surface area contributed by atoms with E-state index in [1.54, 1.807) is 0 Å². The highest BCUT2D eigenvalue weighted by Crippen LogP contribution is 2.31. The molecule has 1 atom stereocenters. The summed E-state index contributed by atoms with van der Waals surface area (Å²) in [6, 6.07) is 2.82. The number of rotatable bonds is 3. The van der Waals surface area contributed by atoms with E-state index in [-0.39, 0.29) is 16.6 Å². The fourth-order valence-electron chi connectivity index (χ4n) is 1.21. The van der Waals surface area contributed by atoms with Crippen LogP contribution in [0.3, 0.4) is 0 Å². The molecule has 0 heterocycles. The maximum Gasteiger partial charge on any atom is 0.416 e. The van der Waals surface area contributed by atoms with Crippen molar-refractivity contribution < 1.29 is 23.1 Å². The molecular formula is C11H11BrF3NO2. The molecule has 1 aromatic carbocycles. The second-order valence-electron chi connectivity index (χ2n) is 3.75. The van der Waals surface area contributed by atoms with Gasteiger partial charge in [-0.05, 0) is 41.1 Å². The van der Waals surface area contributed by atoms with Gasteiger partial charge in [0.1, 0.15) is 0 Å². The molecule has 1 rings (SSSR count).